The van der Waals surface area contributed by atoms with E-state index in [2.05, 4.69) is 5.32 Å². The first kappa shape index (κ1) is 14.4. The number of para-hydroxylation sites is 1. The number of benzene rings is 2. The second-order valence-electron chi connectivity index (χ2n) is 5.16. The first-order chi connectivity index (χ1) is 9.59. The van der Waals surface area contributed by atoms with E-state index in [-0.39, 0.29) is 6.61 Å². The fourth-order valence-corrected chi connectivity index (χ4v) is 2.17. The lowest BCUT2D eigenvalue weighted by Crippen LogP contribution is -2.36. The monoisotopic (exact) mass is 271 g/mol. The molecule has 0 amide bonds. The van der Waals surface area contributed by atoms with Gasteiger partial charge in [0.05, 0.1) is 19.3 Å². The minimum Gasteiger partial charge on any atom is -0.497 e. The predicted octanol–water partition coefficient (Wildman–Crippen LogP) is 3.32. The zero-order valence-electron chi connectivity index (χ0n) is 12.2. The molecule has 0 aliphatic rings. The SMILES string of the molecule is COc1ccc(C(C)(CO)Nc2ccccc2C)cc1. The van der Waals surface area contributed by atoms with Crippen molar-refractivity contribution in [3.8, 4) is 5.75 Å². The molecule has 0 radical (unpaired) electrons. The highest BCUT2D eigenvalue weighted by Crippen LogP contribution is 2.28. The van der Waals surface area contributed by atoms with Gasteiger partial charge in [0.25, 0.3) is 0 Å². The fraction of sp³-hybridized carbons (Fsp3) is 0.294. The highest BCUT2D eigenvalue weighted by atomic mass is 16.5. The van der Waals surface area contributed by atoms with E-state index in [4.69, 9.17) is 4.74 Å². The normalized spacial score (nSPS) is 13.6. The molecule has 2 rings (SSSR count). The molecule has 0 aliphatic carbocycles. The summed E-state index contributed by atoms with van der Waals surface area (Å²) < 4.78 is 5.17. The lowest BCUT2D eigenvalue weighted by Gasteiger charge is -2.31. The van der Waals surface area contributed by atoms with Gasteiger partial charge in [-0.3, -0.25) is 0 Å². The van der Waals surface area contributed by atoms with Gasteiger partial charge in [0.1, 0.15) is 5.75 Å². The molecule has 2 aromatic carbocycles. The van der Waals surface area contributed by atoms with Crippen LogP contribution < -0.4 is 10.1 Å². The molecule has 0 saturated heterocycles. The maximum absolute atomic E-state index is 9.82. The highest BCUT2D eigenvalue weighted by molar-refractivity contribution is 5.53. The van der Waals surface area contributed by atoms with Gasteiger partial charge in [-0.2, -0.15) is 0 Å². The Hall–Kier alpha value is -2.00. The third-order valence-electron chi connectivity index (χ3n) is 3.60. The second kappa shape index (κ2) is 5.97. The van der Waals surface area contributed by atoms with Crippen molar-refractivity contribution in [3.05, 3.63) is 59.7 Å². The molecule has 106 valence electrons. The number of hydrogen-bond donors (Lipinski definition) is 2. The average Bonchev–Trinajstić information content (AvgIpc) is 2.49. The van der Waals surface area contributed by atoms with Gasteiger partial charge in [-0.05, 0) is 43.2 Å². The Morgan fingerprint density at radius 2 is 1.75 bits per heavy atom. The van der Waals surface area contributed by atoms with Crippen LogP contribution in [0, 0.1) is 6.92 Å². The predicted molar refractivity (Wildman–Crippen MR) is 82.2 cm³/mol. The van der Waals surface area contributed by atoms with Gasteiger partial charge in [0.2, 0.25) is 0 Å². The fourth-order valence-electron chi connectivity index (χ4n) is 2.17. The summed E-state index contributed by atoms with van der Waals surface area (Å²) in [7, 11) is 1.64. The Morgan fingerprint density at radius 1 is 1.10 bits per heavy atom. The third-order valence-corrected chi connectivity index (χ3v) is 3.60. The molecule has 0 heterocycles. The molecule has 1 atom stereocenters. The lowest BCUT2D eigenvalue weighted by molar-refractivity contribution is 0.224. The van der Waals surface area contributed by atoms with Gasteiger partial charge in [-0.1, -0.05) is 30.3 Å². The Kier molecular flexibility index (Phi) is 4.30. The smallest absolute Gasteiger partial charge is 0.118 e. The number of ether oxygens (including phenoxy) is 1. The van der Waals surface area contributed by atoms with Crippen LogP contribution in [0.1, 0.15) is 18.1 Å². The van der Waals surface area contributed by atoms with Crippen molar-refractivity contribution < 1.29 is 9.84 Å². The van der Waals surface area contributed by atoms with Crippen LogP contribution in [0.2, 0.25) is 0 Å². The van der Waals surface area contributed by atoms with Crippen molar-refractivity contribution in [2.24, 2.45) is 0 Å². The van der Waals surface area contributed by atoms with E-state index in [1.165, 1.54) is 0 Å². The van der Waals surface area contributed by atoms with Crippen molar-refractivity contribution >= 4 is 5.69 Å². The van der Waals surface area contributed by atoms with Crippen LogP contribution in [0.15, 0.2) is 48.5 Å². The highest BCUT2D eigenvalue weighted by Gasteiger charge is 2.26. The zero-order chi connectivity index (χ0) is 14.6. The van der Waals surface area contributed by atoms with Crippen molar-refractivity contribution in [2.75, 3.05) is 19.0 Å². The first-order valence-corrected chi connectivity index (χ1v) is 6.68. The zero-order valence-corrected chi connectivity index (χ0v) is 12.2. The van der Waals surface area contributed by atoms with Crippen LogP contribution in [-0.2, 0) is 5.54 Å². The molecule has 0 spiro atoms. The summed E-state index contributed by atoms with van der Waals surface area (Å²) in [5.74, 6) is 0.810. The summed E-state index contributed by atoms with van der Waals surface area (Å²) in [6.45, 7) is 4.04. The molecule has 20 heavy (non-hydrogen) atoms. The summed E-state index contributed by atoms with van der Waals surface area (Å²) in [6, 6.07) is 15.8. The van der Waals surface area contributed by atoms with Gasteiger partial charge in [0, 0.05) is 5.69 Å². The summed E-state index contributed by atoms with van der Waals surface area (Å²) in [5.41, 5.74) is 2.67. The number of aliphatic hydroxyl groups is 1. The summed E-state index contributed by atoms with van der Waals surface area (Å²) in [6.07, 6.45) is 0. The molecule has 3 nitrogen and oxygen atoms in total. The lowest BCUT2D eigenvalue weighted by atomic mass is 9.92. The molecular formula is C17H21NO2. The molecule has 0 saturated carbocycles. The number of hydrogen-bond acceptors (Lipinski definition) is 3. The molecular weight excluding hydrogens is 250 g/mol. The van der Waals surface area contributed by atoms with E-state index in [1.807, 2.05) is 62.4 Å². The number of aliphatic hydroxyl groups excluding tert-OH is 1. The standard InChI is InChI=1S/C17H21NO2/c1-13-6-4-5-7-16(13)18-17(2,12-19)14-8-10-15(20-3)11-9-14/h4-11,18-19H,12H2,1-3H3. The number of nitrogens with one attached hydrogen (secondary N) is 1. The van der Waals surface area contributed by atoms with E-state index < -0.39 is 5.54 Å². The maximum Gasteiger partial charge on any atom is 0.118 e. The largest absolute Gasteiger partial charge is 0.497 e. The van der Waals surface area contributed by atoms with Crippen LogP contribution >= 0.6 is 0 Å². The molecule has 0 fully saturated rings. The van der Waals surface area contributed by atoms with E-state index in [0.717, 1.165) is 22.6 Å². The minimum atomic E-state index is -0.529. The second-order valence-corrected chi connectivity index (χ2v) is 5.16. The number of anilines is 1. The topological polar surface area (TPSA) is 41.5 Å². The van der Waals surface area contributed by atoms with Crippen LogP contribution in [0.4, 0.5) is 5.69 Å². The Balaban J connectivity index is 2.30. The Bertz CT molecular complexity index is 565. The quantitative estimate of drug-likeness (QED) is 0.876. The molecule has 2 aromatic rings. The molecule has 0 aliphatic heterocycles. The van der Waals surface area contributed by atoms with E-state index >= 15 is 0 Å². The number of rotatable bonds is 5. The summed E-state index contributed by atoms with van der Waals surface area (Å²) in [5, 5.41) is 13.3. The molecule has 0 aromatic heterocycles. The van der Waals surface area contributed by atoms with Crippen LogP contribution in [0.3, 0.4) is 0 Å². The van der Waals surface area contributed by atoms with Gasteiger partial charge in [-0.25, -0.2) is 0 Å². The van der Waals surface area contributed by atoms with Gasteiger partial charge >= 0.3 is 0 Å². The van der Waals surface area contributed by atoms with Gasteiger partial charge in [0.15, 0.2) is 0 Å². The van der Waals surface area contributed by atoms with Gasteiger partial charge in [-0.15, -0.1) is 0 Å². The number of methoxy groups -OCH3 is 1. The Labute approximate surface area is 120 Å². The summed E-state index contributed by atoms with van der Waals surface area (Å²) >= 11 is 0. The molecule has 3 heteroatoms. The Morgan fingerprint density at radius 3 is 2.30 bits per heavy atom. The average molecular weight is 271 g/mol. The molecule has 0 bridgehead atoms. The van der Waals surface area contributed by atoms with Crippen molar-refractivity contribution in [1.29, 1.82) is 0 Å². The van der Waals surface area contributed by atoms with Crippen molar-refractivity contribution in [1.82, 2.24) is 0 Å². The van der Waals surface area contributed by atoms with Gasteiger partial charge < -0.3 is 15.2 Å². The van der Waals surface area contributed by atoms with Crippen LogP contribution in [-0.4, -0.2) is 18.8 Å². The summed E-state index contributed by atoms with van der Waals surface area (Å²) in [4.78, 5) is 0. The van der Waals surface area contributed by atoms with Crippen LogP contribution in [0.5, 0.6) is 5.75 Å². The third kappa shape index (κ3) is 2.94. The van der Waals surface area contributed by atoms with E-state index in [0.29, 0.717) is 0 Å². The first-order valence-electron chi connectivity index (χ1n) is 6.68. The van der Waals surface area contributed by atoms with E-state index in [1.54, 1.807) is 7.11 Å². The number of aryl methyl sites for hydroxylation is 1. The van der Waals surface area contributed by atoms with Crippen molar-refractivity contribution in [2.45, 2.75) is 19.4 Å². The van der Waals surface area contributed by atoms with E-state index in [9.17, 15) is 5.11 Å². The molecule has 1 unspecified atom stereocenters. The molecule has 2 N–H and O–H groups in total. The van der Waals surface area contributed by atoms with Crippen LogP contribution in [0.25, 0.3) is 0 Å². The van der Waals surface area contributed by atoms with Crippen molar-refractivity contribution in [3.63, 3.8) is 0 Å². The minimum absolute atomic E-state index is 0.00760. The maximum atomic E-state index is 9.82.